The molecular weight excluding hydrogens is 705 g/mol. The van der Waals surface area contributed by atoms with E-state index in [0.717, 1.165) is 39.3 Å². The first-order chi connectivity index (χ1) is 28.5. The van der Waals surface area contributed by atoms with Crippen molar-refractivity contribution in [3.63, 3.8) is 0 Å². The Kier molecular flexibility index (Phi) is 7.27. The third-order valence-corrected chi connectivity index (χ3v) is 13.9. The van der Waals surface area contributed by atoms with E-state index in [1.165, 1.54) is 93.3 Å². The first kappa shape index (κ1) is 33.7. The van der Waals surface area contributed by atoms with E-state index in [9.17, 15) is 0 Å². The molecule has 3 heteroatoms. The largest absolute Gasteiger partial charge is 0.440 e. The summed E-state index contributed by atoms with van der Waals surface area (Å²) in [5.74, 6) is 0.764. The number of hydrogen-bond acceptors (Lipinski definition) is 3. The number of anilines is 1. The van der Waals surface area contributed by atoms with Crippen LogP contribution in [0.3, 0.4) is 0 Å². The van der Waals surface area contributed by atoms with Gasteiger partial charge in [-0.2, -0.15) is 0 Å². The molecule has 3 nitrogen and oxygen atoms in total. The van der Waals surface area contributed by atoms with Gasteiger partial charge in [0.25, 0.3) is 0 Å². The summed E-state index contributed by atoms with van der Waals surface area (Å²) in [4.78, 5) is 5.35. The standard InChI is InChI=1S/C55H44N2O/c1-54(2)44-22-9-7-19-40(44)42-32-47-43(33-46(42)54)49-39(21-14-23-45(49)55(47)29-11-4-12-30-55)35-27-25-34(26-28-35)37-17-13-18-38(31-37)52-56-51(36-15-5-3-6-16-36)50-41-20-8-10-24-48(41)58-53(50)57-52/h3,5-10,13-28,31-33,52,57H,4,11-12,29-30H2,1-2H3. The maximum absolute atomic E-state index is 6.41. The van der Waals surface area contributed by atoms with Crippen molar-refractivity contribution in [2.75, 3.05) is 5.32 Å². The minimum Gasteiger partial charge on any atom is -0.440 e. The van der Waals surface area contributed by atoms with Crippen LogP contribution in [0, 0.1) is 0 Å². The molecule has 1 aromatic heterocycles. The lowest BCUT2D eigenvalue weighted by molar-refractivity contribution is 0.353. The number of fused-ring (bicyclic) bond motifs is 11. The van der Waals surface area contributed by atoms with E-state index in [2.05, 4.69) is 159 Å². The van der Waals surface area contributed by atoms with Crippen LogP contribution in [0.25, 0.3) is 55.5 Å². The van der Waals surface area contributed by atoms with E-state index in [1.54, 1.807) is 5.56 Å². The predicted molar refractivity (Wildman–Crippen MR) is 239 cm³/mol. The van der Waals surface area contributed by atoms with E-state index in [0.29, 0.717) is 0 Å². The predicted octanol–water partition coefficient (Wildman–Crippen LogP) is 14.3. The Bertz CT molecular complexity index is 2980. The Balaban J connectivity index is 0.927. The minimum atomic E-state index is -0.291. The highest BCUT2D eigenvalue weighted by Gasteiger charge is 2.47. The molecule has 1 N–H and O–H groups in total. The van der Waals surface area contributed by atoms with Crippen LogP contribution in [0.15, 0.2) is 167 Å². The average molecular weight is 749 g/mol. The van der Waals surface area contributed by atoms with Gasteiger partial charge in [-0.3, -0.25) is 4.99 Å². The summed E-state index contributed by atoms with van der Waals surface area (Å²) in [6.45, 7) is 4.82. The topological polar surface area (TPSA) is 37.5 Å². The van der Waals surface area contributed by atoms with Gasteiger partial charge in [-0.05, 0) is 109 Å². The van der Waals surface area contributed by atoms with Crippen molar-refractivity contribution in [1.29, 1.82) is 0 Å². The zero-order chi connectivity index (χ0) is 38.6. The highest BCUT2D eigenvalue weighted by molar-refractivity contribution is 6.23. The number of para-hydroxylation sites is 1. The van der Waals surface area contributed by atoms with Crippen molar-refractivity contribution < 1.29 is 4.42 Å². The van der Waals surface area contributed by atoms with E-state index < -0.39 is 0 Å². The van der Waals surface area contributed by atoms with Crippen molar-refractivity contribution in [3.8, 4) is 44.5 Å². The Hall–Kier alpha value is -6.45. The Labute approximate surface area is 340 Å². The van der Waals surface area contributed by atoms with Crippen LogP contribution in [0.1, 0.15) is 91.1 Å². The number of aliphatic imine (C=N–C) groups is 1. The second-order valence-electron chi connectivity index (χ2n) is 17.4. The van der Waals surface area contributed by atoms with Crippen molar-refractivity contribution in [3.05, 3.63) is 197 Å². The minimum absolute atomic E-state index is 0.0372. The summed E-state index contributed by atoms with van der Waals surface area (Å²) >= 11 is 0. The highest BCUT2D eigenvalue weighted by atomic mass is 16.4. The van der Waals surface area contributed by atoms with Gasteiger partial charge in [0.15, 0.2) is 0 Å². The lowest BCUT2D eigenvalue weighted by Gasteiger charge is -2.36. The molecule has 1 saturated carbocycles. The van der Waals surface area contributed by atoms with E-state index in [4.69, 9.17) is 9.41 Å². The summed E-state index contributed by atoms with van der Waals surface area (Å²) in [5, 5.41) is 4.71. The molecular formula is C55H44N2O. The van der Waals surface area contributed by atoms with Crippen LogP contribution in [0.2, 0.25) is 0 Å². The Morgan fingerprint density at radius 1 is 0.517 bits per heavy atom. The number of benzene rings is 7. The molecule has 8 aromatic rings. The van der Waals surface area contributed by atoms with Crippen molar-refractivity contribution in [2.24, 2.45) is 4.99 Å². The van der Waals surface area contributed by atoms with Gasteiger partial charge in [0.2, 0.25) is 5.88 Å². The van der Waals surface area contributed by atoms with Crippen LogP contribution in [0.5, 0.6) is 0 Å². The molecule has 0 bridgehead atoms. The zero-order valence-electron chi connectivity index (χ0n) is 33.0. The second-order valence-corrected chi connectivity index (χ2v) is 17.4. The lowest BCUT2D eigenvalue weighted by Crippen LogP contribution is -2.28. The summed E-state index contributed by atoms with van der Waals surface area (Å²) in [6.07, 6.45) is 6.05. The van der Waals surface area contributed by atoms with Gasteiger partial charge in [0, 0.05) is 21.8 Å². The van der Waals surface area contributed by atoms with Crippen LogP contribution in [-0.4, -0.2) is 5.71 Å². The van der Waals surface area contributed by atoms with Crippen molar-refractivity contribution >= 4 is 22.6 Å². The number of furan rings is 1. The van der Waals surface area contributed by atoms with Crippen molar-refractivity contribution in [1.82, 2.24) is 0 Å². The van der Waals surface area contributed by atoms with Gasteiger partial charge in [-0.25, -0.2) is 0 Å². The molecule has 0 amide bonds. The molecule has 3 aliphatic carbocycles. The van der Waals surface area contributed by atoms with Crippen LogP contribution < -0.4 is 5.32 Å². The lowest BCUT2D eigenvalue weighted by atomic mass is 9.67. The molecule has 1 spiro atoms. The molecule has 0 saturated heterocycles. The zero-order valence-corrected chi connectivity index (χ0v) is 33.0. The molecule has 58 heavy (non-hydrogen) atoms. The molecule has 12 rings (SSSR count). The molecule has 280 valence electrons. The van der Waals surface area contributed by atoms with Gasteiger partial charge in [0.05, 0.1) is 11.3 Å². The molecule has 1 aliphatic heterocycles. The number of rotatable bonds is 4. The number of nitrogens with zero attached hydrogens (tertiary/aromatic N) is 1. The monoisotopic (exact) mass is 748 g/mol. The smallest absolute Gasteiger partial charge is 0.205 e. The summed E-state index contributed by atoms with van der Waals surface area (Å²) in [6, 6.07) is 58.2. The molecule has 1 unspecified atom stereocenters. The molecule has 2 heterocycles. The summed E-state index contributed by atoms with van der Waals surface area (Å²) in [5.41, 5.74) is 21.7. The van der Waals surface area contributed by atoms with E-state index in [-0.39, 0.29) is 17.0 Å². The van der Waals surface area contributed by atoms with Gasteiger partial charge >= 0.3 is 0 Å². The quantitative estimate of drug-likeness (QED) is 0.195. The SMILES string of the molecule is CC1(C)c2ccccc2-c2cc3c(cc21)-c1c(-c2ccc(-c4cccc(C5N=C(c6ccccc6)c6c(oc7ccccc67)N5)c4)cc2)cccc1C31CCCCC1. The van der Waals surface area contributed by atoms with E-state index >= 15 is 0 Å². The first-order valence-electron chi connectivity index (χ1n) is 21.0. The fourth-order valence-electron chi connectivity index (χ4n) is 11.1. The van der Waals surface area contributed by atoms with Crippen LogP contribution in [-0.2, 0) is 10.8 Å². The molecule has 4 aliphatic rings. The maximum atomic E-state index is 6.41. The summed E-state index contributed by atoms with van der Waals surface area (Å²) in [7, 11) is 0. The van der Waals surface area contributed by atoms with Gasteiger partial charge in [-0.1, -0.05) is 167 Å². The normalized spacial score (nSPS) is 17.8. The van der Waals surface area contributed by atoms with E-state index in [1.807, 2.05) is 18.2 Å². The third kappa shape index (κ3) is 4.83. The first-order valence-corrected chi connectivity index (χ1v) is 21.0. The number of nitrogens with one attached hydrogen (secondary N) is 1. The van der Waals surface area contributed by atoms with Gasteiger partial charge in [0.1, 0.15) is 11.7 Å². The fourth-order valence-corrected chi connectivity index (χ4v) is 11.1. The average Bonchev–Trinajstić information content (AvgIpc) is 3.86. The van der Waals surface area contributed by atoms with Crippen LogP contribution in [0.4, 0.5) is 5.88 Å². The fraction of sp³-hybridized carbons (Fsp3) is 0.182. The Morgan fingerprint density at radius 2 is 1.21 bits per heavy atom. The van der Waals surface area contributed by atoms with Crippen molar-refractivity contribution in [2.45, 2.75) is 62.9 Å². The summed E-state index contributed by atoms with van der Waals surface area (Å²) < 4.78 is 6.41. The van der Waals surface area contributed by atoms with Gasteiger partial charge in [-0.15, -0.1) is 0 Å². The van der Waals surface area contributed by atoms with Gasteiger partial charge < -0.3 is 9.73 Å². The Morgan fingerprint density at radius 3 is 2.07 bits per heavy atom. The third-order valence-electron chi connectivity index (χ3n) is 13.9. The second kappa shape index (κ2) is 12.5. The molecule has 7 aromatic carbocycles. The van der Waals surface area contributed by atoms with Crippen LogP contribution >= 0.6 is 0 Å². The molecule has 1 fully saturated rings. The highest BCUT2D eigenvalue weighted by Crippen LogP contribution is 2.61. The molecule has 0 radical (unpaired) electrons. The number of hydrogen-bond donors (Lipinski definition) is 1. The maximum Gasteiger partial charge on any atom is 0.205 e. The molecule has 1 atom stereocenters.